The predicted octanol–water partition coefficient (Wildman–Crippen LogP) is 1.48. The molecule has 3 atom stereocenters. The molecular weight excluding hydrogens is 386 g/mol. The number of aliphatic hydroxyl groups is 1. The number of hydrogen-bond acceptors (Lipinski definition) is 6. The average Bonchev–Trinajstić information content (AvgIpc) is 2.80. The zero-order chi connectivity index (χ0) is 21.9. The first-order chi connectivity index (χ1) is 14.5. The lowest BCUT2D eigenvalue weighted by Crippen LogP contribution is -2.50. The van der Waals surface area contributed by atoms with Crippen molar-refractivity contribution < 1.29 is 24.2 Å². The zero-order valence-electron chi connectivity index (χ0n) is 16.4. The SMILES string of the molecule is COC(=O)[C@@H](CCC#N)NC(=O)[C@H](O)[C@@H](NC(=O)c1ccccc1)c1ccccc1. The second-order valence-electron chi connectivity index (χ2n) is 6.45. The Kier molecular flexibility index (Phi) is 8.54. The Morgan fingerprint density at radius 2 is 1.63 bits per heavy atom. The Morgan fingerprint density at radius 3 is 2.20 bits per heavy atom. The van der Waals surface area contributed by atoms with Gasteiger partial charge >= 0.3 is 5.97 Å². The second-order valence-corrected chi connectivity index (χ2v) is 6.45. The van der Waals surface area contributed by atoms with Crippen molar-refractivity contribution in [2.24, 2.45) is 0 Å². The lowest BCUT2D eigenvalue weighted by Gasteiger charge is -2.25. The molecule has 8 nitrogen and oxygen atoms in total. The highest BCUT2D eigenvalue weighted by atomic mass is 16.5. The number of nitrogens with one attached hydrogen (secondary N) is 2. The summed E-state index contributed by atoms with van der Waals surface area (Å²) >= 11 is 0. The fourth-order valence-electron chi connectivity index (χ4n) is 2.83. The summed E-state index contributed by atoms with van der Waals surface area (Å²) in [6.45, 7) is 0. The quantitative estimate of drug-likeness (QED) is 0.538. The number of amides is 2. The lowest BCUT2D eigenvalue weighted by atomic mass is 9.99. The molecule has 2 aromatic carbocycles. The van der Waals surface area contributed by atoms with Gasteiger partial charge in [0.05, 0.1) is 19.2 Å². The summed E-state index contributed by atoms with van der Waals surface area (Å²) in [5.74, 6) is -2.06. The molecule has 8 heteroatoms. The summed E-state index contributed by atoms with van der Waals surface area (Å²) in [6.07, 6.45) is -1.63. The highest BCUT2D eigenvalue weighted by molar-refractivity contribution is 5.95. The number of hydrogen-bond donors (Lipinski definition) is 3. The lowest BCUT2D eigenvalue weighted by molar-refractivity contribution is -0.146. The minimum atomic E-state index is -1.69. The maximum Gasteiger partial charge on any atom is 0.328 e. The average molecular weight is 409 g/mol. The maximum absolute atomic E-state index is 12.7. The van der Waals surface area contributed by atoms with Crippen molar-refractivity contribution in [2.75, 3.05) is 7.11 Å². The third-order valence-electron chi connectivity index (χ3n) is 4.41. The topological polar surface area (TPSA) is 129 Å². The predicted molar refractivity (Wildman–Crippen MR) is 108 cm³/mol. The van der Waals surface area contributed by atoms with Gasteiger partial charge in [-0.3, -0.25) is 9.59 Å². The Balaban J connectivity index is 2.22. The monoisotopic (exact) mass is 409 g/mol. The smallest absolute Gasteiger partial charge is 0.328 e. The highest BCUT2D eigenvalue weighted by Crippen LogP contribution is 2.19. The van der Waals surface area contributed by atoms with Crippen LogP contribution in [0.1, 0.15) is 34.8 Å². The van der Waals surface area contributed by atoms with Crippen molar-refractivity contribution in [3.8, 4) is 6.07 Å². The largest absolute Gasteiger partial charge is 0.467 e. The van der Waals surface area contributed by atoms with Crippen LogP contribution >= 0.6 is 0 Å². The molecule has 3 N–H and O–H groups in total. The molecule has 0 bridgehead atoms. The molecule has 2 rings (SSSR count). The third kappa shape index (κ3) is 6.15. The Hall–Kier alpha value is -3.70. The standard InChI is InChI=1S/C22H23N3O5/c1-30-22(29)17(13-8-14-23)24-21(28)19(26)18(15-9-4-2-5-10-15)25-20(27)16-11-6-3-7-12-16/h2-7,9-12,17-19,26H,8,13H2,1H3,(H,24,28)(H,25,27)/t17-,18+,19-/m1/s1. The van der Waals surface area contributed by atoms with Crippen molar-refractivity contribution in [2.45, 2.75) is 31.0 Å². The minimum Gasteiger partial charge on any atom is -0.467 e. The van der Waals surface area contributed by atoms with Gasteiger partial charge in [0.2, 0.25) is 0 Å². The number of rotatable bonds is 9. The van der Waals surface area contributed by atoms with Crippen LogP contribution in [0.25, 0.3) is 0 Å². The summed E-state index contributed by atoms with van der Waals surface area (Å²) in [4.78, 5) is 37.2. The van der Waals surface area contributed by atoms with Gasteiger partial charge in [-0.25, -0.2) is 4.79 Å². The molecule has 0 fully saturated rings. The van der Waals surface area contributed by atoms with E-state index < -0.39 is 36.0 Å². The van der Waals surface area contributed by atoms with Crippen LogP contribution in [0.3, 0.4) is 0 Å². The van der Waals surface area contributed by atoms with Gasteiger partial charge in [0.15, 0.2) is 6.10 Å². The number of carbonyl (C=O) groups excluding carboxylic acids is 3. The van der Waals surface area contributed by atoms with Gasteiger partial charge in [-0.1, -0.05) is 48.5 Å². The summed E-state index contributed by atoms with van der Waals surface area (Å²) in [5, 5.41) is 24.5. The molecule has 0 heterocycles. The van der Waals surface area contributed by atoms with Crippen LogP contribution in [-0.2, 0) is 14.3 Å². The number of aliphatic hydroxyl groups excluding tert-OH is 1. The van der Waals surface area contributed by atoms with E-state index in [1.807, 2.05) is 6.07 Å². The maximum atomic E-state index is 12.7. The van der Waals surface area contributed by atoms with Crippen LogP contribution in [0.4, 0.5) is 0 Å². The van der Waals surface area contributed by atoms with E-state index in [4.69, 9.17) is 5.26 Å². The van der Waals surface area contributed by atoms with Crippen LogP contribution < -0.4 is 10.6 Å². The van der Waals surface area contributed by atoms with Gasteiger partial charge in [-0.15, -0.1) is 0 Å². The second kappa shape index (κ2) is 11.3. The fraction of sp³-hybridized carbons (Fsp3) is 0.273. The van der Waals surface area contributed by atoms with Gasteiger partial charge < -0.3 is 20.5 Å². The molecule has 0 aliphatic heterocycles. The molecule has 0 aromatic heterocycles. The van der Waals surface area contributed by atoms with Crippen LogP contribution in [0, 0.1) is 11.3 Å². The molecule has 0 aliphatic carbocycles. The first-order valence-electron chi connectivity index (χ1n) is 9.32. The molecular formula is C22H23N3O5. The Labute approximate surface area is 174 Å². The van der Waals surface area contributed by atoms with Crippen LogP contribution in [0.2, 0.25) is 0 Å². The molecule has 2 amide bonds. The van der Waals surface area contributed by atoms with Gasteiger partial charge in [-0.05, 0) is 24.1 Å². The molecule has 0 spiro atoms. The number of nitrogens with zero attached hydrogens (tertiary/aromatic N) is 1. The minimum absolute atomic E-state index is 0.0169. The molecule has 0 saturated heterocycles. The number of nitriles is 1. The van der Waals surface area contributed by atoms with E-state index in [0.29, 0.717) is 11.1 Å². The number of esters is 1. The summed E-state index contributed by atoms with van der Waals surface area (Å²) < 4.78 is 4.64. The van der Waals surface area contributed by atoms with E-state index in [2.05, 4.69) is 15.4 Å². The van der Waals surface area contributed by atoms with Crippen molar-refractivity contribution in [3.63, 3.8) is 0 Å². The van der Waals surface area contributed by atoms with Crippen LogP contribution in [0.5, 0.6) is 0 Å². The normalized spacial score (nSPS) is 13.2. The van der Waals surface area contributed by atoms with E-state index in [0.717, 1.165) is 7.11 Å². The molecule has 30 heavy (non-hydrogen) atoms. The third-order valence-corrected chi connectivity index (χ3v) is 4.41. The molecule has 0 radical (unpaired) electrons. The molecule has 0 saturated carbocycles. The van der Waals surface area contributed by atoms with E-state index >= 15 is 0 Å². The van der Waals surface area contributed by atoms with Gasteiger partial charge in [0.1, 0.15) is 6.04 Å². The zero-order valence-corrected chi connectivity index (χ0v) is 16.4. The molecule has 0 aliphatic rings. The van der Waals surface area contributed by atoms with Gasteiger partial charge in [0.25, 0.3) is 11.8 Å². The molecule has 156 valence electrons. The summed E-state index contributed by atoms with van der Waals surface area (Å²) in [7, 11) is 1.16. The highest BCUT2D eigenvalue weighted by Gasteiger charge is 2.32. The van der Waals surface area contributed by atoms with E-state index in [1.54, 1.807) is 60.7 Å². The van der Waals surface area contributed by atoms with Gasteiger partial charge in [-0.2, -0.15) is 5.26 Å². The van der Waals surface area contributed by atoms with Crippen molar-refractivity contribution >= 4 is 17.8 Å². The van der Waals surface area contributed by atoms with E-state index in [-0.39, 0.29) is 12.8 Å². The van der Waals surface area contributed by atoms with E-state index in [9.17, 15) is 19.5 Å². The first kappa shape index (κ1) is 22.6. The number of benzene rings is 2. The summed E-state index contributed by atoms with van der Waals surface area (Å²) in [6, 6.07) is 16.7. The van der Waals surface area contributed by atoms with Crippen molar-refractivity contribution in [1.29, 1.82) is 5.26 Å². The van der Waals surface area contributed by atoms with Crippen molar-refractivity contribution in [1.82, 2.24) is 10.6 Å². The first-order valence-corrected chi connectivity index (χ1v) is 9.32. The van der Waals surface area contributed by atoms with Gasteiger partial charge in [0, 0.05) is 12.0 Å². The Bertz CT molecular complexity index is 896. The van der Waals surface area contributed by atoms with Crippen molar-refractivity contribution in [3.05, 3.63) is 71.8 Å². The Morgan fingerprint density at radius 1 is 1.03 bits per heavy atom. The number of methoxy groups -OCH3 is 1. The fourth-order valence-corrected chi connectivity index (χ4v) is 2.83. The van der Waals surface area contributed by atoms with E-state index in [1.165, 1.54) is 0 Å². The molecule has 2 aromatic rings. The summed E-state index contributed by atoms with van der Waals surface area (Å²) in [5.41, 5.74) is 0.878. The number of ether oxygens (including phenoxy) is 1. The number of carbonyl (C=O) groups is 3. The van der Waals surface area contributed by atoms with Crippen LogP contribution in [-0.4, -0.2) is 42.1 Å². The molecule has 0 unspecified atom stereocenters. The van der Waals surface area contributed by atoms with Crippen LogP contribution in [0.15, 0.2) is 60.7 Å².